The first kappa shape index (κ1) is 15.7. The summed E-state index contributed by atoms with van der Waals surface area (Å²) >= 11 is 3.42. The van der Waals surface area contributed by atoms with Crippen molar-refractivity contribution in [2.75, 3.05) is 0 Å². The first-order valence-electron chi connectivity index (χ1n) is 7.46. The largest absolute Gasteiger partial charge is 0.366 e. The Kier molecular flexibility index (Phi) is 4.48. The highest BCUT2D eigenvalue weighted by Crippen LogP contribution is 2.47. The van der Waals surface area contributed by atoms with Crippen LogP contribution in [-0.2, 0) is 11.3 Å². The molecule has 4 nitrogen and oxygen atoms in total. The SMILES string of the molecule is NC(=O)c1ccc(CNC(=O)[C@H]2C[C@H]2c2ccc(Br)cc2)cc1. The molecule has 118 valence electrons. The molecule has 0 aromatic heterocycles. The second kappa shape index (κ2) is 6.54. The Morgan fingerprint density at radius 1 is 1.09 bits per heavy atom. The molecule has 2 aromatic carbocycles. The number of carbonyl (C=O) groups is 2. The maximum atomic E-state index is 12.2. The monoisotopic (exact) mass is 372 g/mol. The van der Waals surface area contributed by atoms with Crippen molar-refractivity contribution in [2.45, 2.75) is 18.9 Å². The zero-order valence-corrected chi connectivity index (χ0v) is 14.0. The van der Waals surface area contributed by atoms with E-state index in [9.17, 15) is 9.59 Å². The number of nitrogens with one attached hydrogen (secondary N) is 1. The minimum absolute atomic E-state index is 0.0565. The first-order chi connectivity index (χ1) is 11.0. The van der Waals surface area contributed by atoms with Gasteiger partial charge in [0.15, 0.2) is 0 Å². The summed E-state index contributed by atoms with van der Waals surface area (Å²) < 4.78 is 1.04. The summed E-state index contributed by atoms with van der Waals surface area (Å²) in [6.45, 7) is 0.460. The summed E-state index contributed by atoms with van der Waals surface area (Å²) in [4.78, 5) is 23.2. The van der Waals surface area contributed by atoms with Gasteiger partial charge < -0.3 is 11.1 Å². The number of benzene rings is 2. The summed E-state index contributed by atoms with van der Waals surface area (Å²) in [5, 5.41) is 2.96. The van der Waals surface area contributed by atoms with Crippen molar-refractivity contribution in [1.82, 2.24) is 5.32 Å². The van der Waals surface area contributed by atoms with Gasteiger partial charge in [-0.1, -0.05) is 40.2 Å². The predicted octanol–water partition coefficient (Wildman–Crippen LogP) is 2.97. The molecule has 1 aliphatic carbocycles. The van der Waals surface area contributed by atoms with E-state index in [4.69, 9.17) is 5.73 Å². The van der Waals surface area contributed by atoms with Crippen LogP contribution in [0.3, 0.4) is 0 Å². The Balaban J connectivity index is 1.52. The fourth-order valence-corrected chi connectivity index (χ4v) is 2.93. The minimum Gasteiger partial charge on any atom is -0.366 e. The van der Waals surface area contributed by atoms with Crippen LogP contribution in [0.1, 0.15) is 33.8 Å². The van der Waals surface area contributed by atoms with Gasteiger partial charge in [0.05, 0.1) is 0 Å². The third kappa shape index (κ3) is 3.79. The lowest BCUT2D eigenvalue weighted by Crippen LogP contribution is -2.24. The standard InChI is InChI=1S/C18H17BrN2O2/c19-14-7-5-12(6-8-14)15-9-16(15)18(23)21-10-11-1-3-13(4-2-11)17(20)22/h1-8,15-16H,9-10H2,(H2,20,22)(H,21,23)/t15-,16-/m0/s1. The highest BCUT2D eigenvalue weighted by Gasteiger charge is 2.43. The Labute approximate surface area is 143 Å². The van der Waals surface area contributed by atoms with E-state index in [-0.39, 0.29) is 11.8 Å². The molecule has 0 heterocycles. The van der Waals surface area contributed by atoms with Gasteiger partial charge in [-0.3, -0.25) is 9.59 Å². The molecule has 1 fully saturated rings. The third-order valence-corrected chi connectivity index (χ3v) is 4.66. The molecule has 2 aromatic rings. The number of hydrogen-bond donors (Lipinski definition) is 2. The van der Waals surface area contributed by atoms with E-state index in [0.29, 0.717) is 18.0 Å². The molecule has 3 N–H and O–H groups in total. The van der Waals surface area contributed by atoms with E-state index in [1.165, 1.54) is 5.56 Å². The number of nitrogens with two attached hydrogens (primary N) is 1. The van der Waals surface area contributed by atoms with Crippen LogP contribution in [0, 0.1) is 5.92 Å². The van der Waals surface area contributed by atoms with Crippen molar-refractivity contribution in [2.24, 2.45) is 11.7 Å². The zero-order valence-electron chi connectivity index (χ0n) is 12.5. The van der Waals surface area contributed by atoms with Gasteiger partial charge in [-0.25, -0.2) is 0 Å². The smallest absolute Gasteiger partial charge is 0.248 e. The second-order valence-corrected chi connectivity index (χ2v) is 6.69. The molecule has 3 rings (SSSR count). The van der Waals surface area contributed by atoms with Crippen LogP contribution in [0.4, 0.5) is 0 Å². The van der Waals surface area contributed by atoms with Crippen LogP contribution in [-0.4, -0.2) is 11.8 Å². The van der Waals surface area contributed by atoms with E-state index in [1.807, 2.05) is 12.1 Å². The molecule has 2 atom stereocenters. The van der Waals surface area contributed by atoms with Gasteiger partial charge >= 0.3 is 0 Å². The van der Waals surface area contributed by atoms with E-state index in [2.05, 4.69) is 33.4 Å². The van der Waals surface area contributed by atoms with Crippen molar-refractivity contribution < 1.29 is 9.59 Å². The number of halogens is 1. The maximum absolute atomic E-state index is 12.2. The van der Waals surface area contributed by atoms with E-state index < -0.39 is 5.91 Å². The summed E-state index contributed by atoms with van der Waals surface area (Å²) in [7, 11) is 0. The molecule has 23 heavy (non-hydrogen) atoms. The number of hydrogen-bond acceptors (Lipinski definition) is 2. The molecule has 1 aliphatic rings. The van der Waals surface area contributed by atoms with Crippen LogP contribution in [0.5, 0.6) is 0 Å². The molecule has 0 radical (unpaired) electrons. The average Bonchev–Trinajstić information content (AvgIpc) is 3.34. The molecular weight excluding hydrogens is 356 g/mol. The van der Waals surface area contributed by atoms with Crippen LogP contribution in [0.25, 0.3) is 0 Å². The van der Waals surface area contributed by atoms with E-state index in [0.717, 1.165) is 16.5 Å². The Hall–Kier alpha value is -2.14. The summed E-state index contributed by atoms with van der Waals surface area (Å²) in [5.41, 5.74) is 7.83. The highest BCUT2D eigenvalue weighted by atomic mass is 79.9. The molecule has 0 unspecified atom stereocenters. The van der Waals surface area contributed by atoms with E-state index >= 15 is 0 Å². The van der Waals surface area contributed by atoms with Gasteiger partial charge in [0, 0.05) is 22.5 Å². The molecular formula is C18H17BrN2O2. The quantitative estimate of drug-likeness (QED) is 0.846. The van der Waals surface area contributed by atoms with E-state index in [1.54, 1.807) is 24.3 Å². The lowest BCUT2D eigenvalue weighted by molar-refractivity contribution is -0.122. The highest BCUT2D eigenvalue weighted by molar-refractivity contribution is 9.10. The van der Waals surface area contributed by atoms with Crippen molar-refractivity contribution in [3.8, 4) is 0 Å². The van der Waals surface area contributed by atoms with Gasteiger partial charge in [0.25, 0.3) is 0 Å². The second-order valence-electron chi connectivity index (χ2n) is 5.78. The molecule has 2 amide bonds. The molecule has 0 saturated heterocycles. The molecule has 0 bridgehead atoms. The third-order valence-electron chi connectivity index (χ3n) is 4.13. The van der Waals surface area contributed by atoms with Crippen molar-refractivity contribution in [3.05, 3.63) is 69.7 Å². The zero-order chi connectivity index (χ0) is 16.4. The van der Waals surface area contributed by atoms with Crippen LogP contribution in [0.15, 0.2) is 53.0 Å². The summed E-state index contributed by atoms with van der Waals surface area (Å²) in [6.07, 6.45) is 0.897. The van der Waals surface area contributed by atoms with Crippen LogP contribution in [0.2, 0.25) is 0 Å². The normalized spacial score (nSPS) is 19.2. The topological polar surface area (TPSA) is 72.2 Å². The number of amides is 2. The summed E-state index contributed by atoms with van der Waals surface area (Å²) in [6, 6.07) is 15.1. The number of rotatable bonds is 5. The lowest BCUT2D eigenvalue weighted by Gasteiger charge is -2.06. The lowest BCUT2D eigenvalue weighted by atomic mass is 10.1. The average molecular weight is 373 g/mol. The number of carbonyl (C=O) groups excluding carboxylic acids is 2. The first-order valence-corrected chi connectivity index (χ1v) is 8.26. The van der Waals surface area contributed by atoms with Gasteiger partial charge in [0.2, 0.25) is 11.8 Å². The maximum Gasteiger partial charge on any atom is 0.248 e. The van der Waals surface area contributed by atoms with Crippen molar-refractivity contribution in [3.63, 3.8) is 0 Å². The summed E-state index contributed by atoms with van der Waals surface area (Å²) in [5.74, 6) is 0.00853. The fraction of sp³-hybridized carbons (Fsp3) is 0.222. The van der Waals surface area contributed by atoms with Gasteiger partial charge in [-0.2, -0.15) is 0 Å². The fourth-order valence-electron chi connectivity index (χ4n) is 2.67. The Morgan fingerprint density at radius 2 is 1.74 bits per heavy atom. The predicted molar refractivity (Wildman–Crippen MR) is 91.8 cm³/mol. The van der Waals surface area contributed by atoms with Crippen molar-refractivity contribution >= 4 is 27.7 Å². The van der Waals surface area contributed by atoms with Gasteiger partial charge in [-0.05, 0) is 47.7 Å². The molecule has 5 heteroatoms. The van der Waals surface area contributed by atoms with Gasteiger partial charge in [0.1, 0.15) is 0 Å². The number of primary amides is 1. The van der Waals surface area contributed by atoms with Crippen LogP contribution >= 0.6 is 15.9 Å². The Bertz CT molecular complexity index is 726. The Morgan fingerprint density at radius 3 is 2.35 bits per heavy atom. The minimum atomic E-state index is -0.448. The van der Waals surface area contributed by atoms with Gasteiger partial charge in [-0.15, -0.1) is 0 Å². The van der Waals surface area contributed by atoms with Crippen LogP contribution < -0.4 is 11.1 Å². The molecule has 0 aliphatic heterocycles. The molecule has 1 saturated carbocycles. The molecule has 0 spiro atoms. The van der Waals surface area contributed by atoms with Crippen molar-refractivity contribution in [1.29, 1.82) is 0 Å².